The molecule has 1 heterocycles. The molecule has 8 heteroatoms. The molecule has 0 bridgehead atoms. The van der Waals surface area contributed by atoms with Crippen LogP contribution >= 0.6 is 23.2 Å². The van der Waals surface area contributed by atoms with E-state index in [0.717, 1.165) is 51.5 Å². The molecule has 2 aliphatic rings. The van der Waals surface area contributed by atoms with Crippen LogP contribution in [0.15, 0.2) is 48.5 Å². The van der Waals surface area contributed by atoms with Gasteiger partial charge in [0.15, 0.2) is 0 Å². The SMILES string of the molecule is CCc1ccc(F)cc1.COC1CCC(C(=O)N2CCC(N(C)C=O)C2)CC1.Clc1ccccc1Cl. The molecule has 1 aliphatic carbocycles. The number of halogens is 3. The molecule has 198 valence electrons. The van der Waals surface area contributed by atoms with Crippen LogP contribution in [0.4, 0.5) is 4.39 Å². The van der Waals surface area contributed by atoms with Crippen LogP contribution in [0.3, 0.4) is 0 Å². The number of nitrogens with zero attached hydrogens (tertiary/aromatic N) is 2. The van der Waals surface area contributed by atoms with E-state index in [2.05, 4.69) is 0 Å². The largest absolute Gasteiger partial charge is 0.381 e. The first kappa shape index (κ1) is 30.1. The van der Waals surface area contributed by atoms with E-state index in [1.165, 1.54) is 17.7 Å². The minimum absolute atomic E-state index is 0.159. The quantitative estimate of drug-likeness (QED) is 0.422. The van der Waals surface area contributed by atoms with Gasteiger partial charge in [-0.15, -0.1) is 0 Å². The molecule has 0 spiro atoms. The number of hydrogen-bond acceptors (Lipinski definition) is 3. The van der Waals surface area contributed by atoms with Gasteiger partial charge in [0.2, 0.25) is 12.3 Å². The molecule has 1 aliphatic heterocycles. The molecule has 0 N–H and O–H groups in total. The molecule has 2 aromatic carbocycles. The minimum atomic E-state index is -0.160. The van der Waals surface area contributed by atoms with Crippen LogP contribution in [0.25, 0.3) is 0 Å². The predicted octanol–water partition coefficient (Wildman–Crippen LogP) is 6.26. The maximum absolute atomic E-state index is 12.4. The Kier molecular flexibility index (Phi) is 13.2. The summed E-state index contributed by atoms with van der Waals surface area (Å²) in [6.45, 7) is 3.53. The van der Waals surface area contributed by atoms with E-state index < -0.39 is 0 Å². The van der Waals surface area contributed by atoms with Crippen LogP contribution in [0.5, 0.6) is 0 Å². The Morgan fingerprint density at radius 1 is 1.06 bits per heavy atom. The second-order valence-electron chi connectivity index (χ2n) is 9.10. The van der Waals surface area contributed by atoms with Gasteiger partial charge in [-0.3, -0.25) is 9.59 Å². The summed E-state index contributed by atoms with van der Waals surface area (Å²) < 4.78 is 17.6. The van der Waals surface area contributed by atoms with E-state index in [4.69, 9.17) is 27.9 Å². The lowest BCUT2D eigenvalue weighted by molar-refractivity contribution is -0.136. The Hall–Kier alpha value is -2.15. The minimum Gasteiger partial charge on any atom is -0.381 e. The number of likely N-dealkylation sites (N-methyl/N-ethyl adjacent to an activating group) is 1. The zero-order valence-corrected chi connectivity index (χ0v) is 22.8. The Morgan fingerprint density at radius 2 is 1.64 bits per heavy atom. The number of methoxy groups -OCH3 is 1. The first-order chi connectivity index (χ1) is 17.3. The fourth-order valence-corrected chi connectivity index (χ4v) is 4.60. The molecule has 5 nitrogen and oxygen atoms in total. The first-order valence-electron chi connectivity index (χ1n) is 12.4. The zero-order valence-electron chi connectivity index (χ0n) is 21.3. The number of hydrogen-bond donors (Lipinski definition) is 0. The highest BCUT2D eigenvalue weighted by Gasteiger charge is 2.34. The van der Waals surface area contributed by atoms with Gasteiger partial charge in [-0.1, -0.05) is 54.4 Å². The van der Waals surface area contributed by atoms with Crippen LogP contribution in [-0.2, 0) is 20.7 Å². The number of amides is 2. The number of ether oxygens (including phenoxy) is 1. The van der Waals surface area contributed by atoms with Crippen LogP contribution in [0.1, 0.15) is 44.6 Å². The van der Waals surface area contributed by atoms with Crippen molar-refractivity contribution in [1.29, 1.82) is 0 Å². The third-order valence-corrected chi connectivity index (χ3v) is 7.48. The molecular formula is C28H37Cl2FN2O3. The second kappa shape index (κ2) is 15.9. The number of benzene rings is 2. The third kappa shape index (κ3) is 9.72. The molecule has 2 aromatic rings. The van der Waals surface area contributed by atoms with E-state index in [1.807, 2.05) is 24.0 Å². The molecular weight excluding hydrogens is 502 g/mol. The Bertz CT molecular complexity index is 916. The molecule has 0 radical (unpaired) electrons. The number of rotatable bonds is 5. The van der Waals surface area contributed by atoms with Gasteiger partial charge in [0, 0.05) is 33.2 Å². The van der Waals surface area contributed by atoms with E-state index in [0.29, 0.717) is 22.7 Å². The van der Waals surface area contributed by atoms with E-state index >= 15 is 0 Å². The molecule has 1 unspecified atom stereocenters. The highest BCUT2D eigenvalue weighted by molar-refractivity contribution is 6.41. The maximum Gasteiger partial charge on any atom is 0.225 e. The average Bonchev–Trinajstić information content (AvgIpc) is 3.41. The number of carbonyl (C=O) groups is 2. The smallest absolute Gasteiger partial charge is 0.225 e. The Balaban J connectivity index is 0.000000221. The Morgan fingerprint density at radius 3 is 2.11 bits per heavy atom. The first-order valence-corrected chi connectivity index (χ1v) is 13.2. The van der Waals surface area contributed by atoms with Crippen molar-refractivity contribution in [2.45, 2.75) is 57.6 Å². The van der Waals surface area contributed by atoms with Crippen molar-refractivity contribution in [2.75, 3.05) is 27.2 Å². The van der Waals surface area contributed by atoms with Gasteiger partial charge in [0.05, 0.1) is 22.2 Å². The van der Waals surface area contributed by atoms with Gasteiger partial charge in [0.1, 0.15) is 5.82 Å². The van der Waals surface area contributed by atoms with Crippen molar-refractivity contribution in [3.8, 4) is 0 Å². The lowest BCUT2D eigenvalue weighted by Gasteiger charge is -2.30. The highest BCUT2D eigenvalue weighted by atomic mass is 35.5. The molecule has 1 saturated carbocycles. The van der Waals surface area contributed by atoms with Gasteiger partial charge in [-0.2, -0.15) is 0 Å². The molecule has 4 rings (SSSR count). The topological polar surface area (TPSA) is 49.9 Å². The maximum atomic E-state index is 12.4. The van der Waals surface area contributed by atoms with Crippen LogP contribution in [0.2, 0.25) is 10.0 Å². The lowest BCUT2D eigenvalue weighted by atomic mass is 9.86. The molecule has 36 heavy (non-hydrogen) atoms. The normalized spacial score (nSPS) is 20.9. The summed E-state index contributed by atoms with van der Waals surface area (Å²) in [5.41, 5.74) is 1.18. The Labute approximate surface area is 224 Å². The van der Waals surface area contributed by atoms with Crippen LogP contribution in [-0.4, -0.2) is 61.5 Å². The monoisotopic (exact) mass is 538 g/mol. The molecule has 2 fully saturated rings. The van der Waals surface area contributed by atoms with Crippen molar-refractivity contribution in [2.24, 2.45) is 5.92 Å². The number of likely N-dealkylation sites (tertiary alicyclic amines) is 1. The third-order valence-electron chi connectivity index (χ3n) is 6.72. The number of carbonyl (C=O) groups excluding carboxylic acids is 2. The molecule has 1 atom stereocenters. The van der Waals surface area contributed by atoms with Crippen LogP contribution in [0, 0.1) is 11.7 Å². The predicted molar refractivity (Wildman–Crippen MR) is 144 cm³/mol. The zero-order chi connectivity index (χ0) is 26.5. The standard InChI is InChI=1S/C14H24N2O3.C8H9F.C6H4Cl2/c1-15(10-17)12-7-8-16(9-12)14(18)11-3-5-13(19-2)6-4-11;1-2-7-3-5-8(9)6-4-7;7-5-3-1-2-4-6(5)8/h10-13H,3-9H2,1-2H3;3-6H,2H2,1H3;1-4H. The fourth-order valence-electron chi connectivity index (χ4n) is 4.32. The van der Waals surface area contributed by atoms with E-state index in [9.17, 15) is 14.0 Å². The summed E-state index contributed by atoms with van der Waals surface area (Å²) in [6, 6.07) is 14.0. The fraction of sp³-hybridized carbons (Fsp3) is 0.500. The highest BCUT2D eigenvalue weighted by Crippen LogP contribution is 2.29. The second-order valence-corrected chi connectivity index (χ2v) is 9.92. The van der Waals surface area contributed by atoms with Crippen LogP contribution < -0.4 is 0 Å². The summed E-state index contributed by atoms with van der Waals surface area (Å²) in [5.74, 6) is 0.273. The van der Waals surface area contributed by atoms with Crippen molar-refractivity contribution in [3.05, 3.63) is 70.0 Å². The summed E-state index contributed by atoms with van der Waals surface area (Å²) in [5, 5.41) is 1.21. The van der Waals surface area contributed by atoms with Crippen molar-refractivity contribution in [3.63, 3.8) is 0 Å². The average molecular weight is 540 g/mol. The van der Waals surface area contributed by atoms with Gasteiger partial charge in [-0.05, 0) is 68.4 Å². The van der Waals surface area contributed by atoms with Crippen molar-refractivity contribution in [1.82, 2.24) is 9.80 Å². The number of aryl methyl sites for hydroxylation is 1. The summed E-state index contributed by atoms with van der Waals surface area (Å²) >= 11 is 11.2. The lowest BCUT2D eigenvalue weighted by Crippen LogP contribution is -2.39. The van der Waals surface area contributed by atoms with Crippen molar-refractivity contribution >= 4 is 35.5 Å². The van der Waals surface area contributed by atoms with Gasteiger partial charge in [0.25, 0.3) is 0 Å². The van der Waals surface area contributed by atoms with Gasteiger partial charge >= 0.3 is 0 Å². The van der Waals surface area contributed by atoms with E-state index in [1.54, 1.807) is 43.3 Å². The van der Waals surface area contributed by atoms with Gasteiger partial charge in [-0.25, -0.2) is 4.39 Å². The van der Waals surface area contributed by atoms with Crippen molar-refractivity contribution < 1.29 is 18.7 Å². The van der Waals surface area contributed by atoms with Gasteiger partial charge < -0.3 is 14.5 Å². The molecule has 2 amide bonds. The van der Waals surface area contributed by atoms with E-state index in [-0.39, 0.29) is 23.7 Å². The summed E-state index contributed by atoms with van der Waals surface area (Å²) in [4.78, 5) is 26.8. The molecule has 0 aromatic heterocycles. The summed E-state index contributed by atoms with van der Waals surface area (Å²) in [7, 11) is 3.53. The summed E-state index contributed by atoms with van der Waals surface area (Å²) in [6.07, 6.45) is 6.88. The molecule has 1 saturated heterocycles.